The first-order valence-corrected chi connectivity index (χ1v) is 5.99. The Hall–Kier alpha value is -2.35. The van der Waals surface area contributed by atoms with Gasteiger partial charge in [0.25, 0.3) is 0 Å². The first kappa shape index (κ1) is 10.8. The van der Waals surface area contributed by atoms with Crippen molar-refractivity contribution in [2.45, 2.75) is 0 Å². The van der Waals surface area contributed by atoms with Crippen molar-refractivity contribution in [1.29, 1.82) is 0 Å². The second-order valence-electron chi connectivity index (χ2n) is 4.24. The van der Waals surface area contributed by atoms with Crippen LogP contribution in [0, 0.1) is 0 Å². The molecule has 0 fully saturated rings. The summed E-state index contributed by atoms with van der Waals surface area (Å²) in [6.07, 6.45) is 3.83. The number of rotatable bonds is 2. The third-order valence-corrected chi connectivity index (χ3v) is 3.13. The lowest BCUT2D eigenvalue weighted by atomic mass is 10.0. The molecule has 1 N–H and O–H groups in total. The van der Waals surface area contributed by atoms with Gasteiger partial charge < -0.3 is 5.32 Å². The number of hydrogen-bond acceptors (Lipinski definition) is 2. The van der Waals surface area contributed by atoms with Gasteiger partial charge in [-0.05, 0) is 23.1 Å². The molecule has 0 saturated carbocycles. The molecule has 0 atom stereocenters. The molecule has 0 aliphatic carbocycles. The number of pyridine rings is 1. The standard InChI is InChI=1S/C16H14N2/c1-17-14-7-4-6-12(9-14)16-11-18-10-13-5-2-3-8-15(13)16/h2-11,17H,1H3. The zero-order valence-electron chi connectivity index (χ0n) is 10.2. The van der Waals surface area contributed by atoms with Gasteiger partial charge in [0.1, 0.15) is 0 Å². The minimum atomic E-state index is 1.11. The van der Waals surface area contributed by atoms with E-state index in [1.807, 2.05) is 25.5 Å². The van der Waals surface area contributed by atoms with Crippen LogP contribution < -0.4 is 5.32 Å². The highest BCUT2D eigenvalue weighted by Gasteiger charge is 2.04. The quantitative estimate of drug-likeness (QED) is 0.726. The fraction of sp³-hybridized carbons (Fsp3) is 0.0625. The molecule has 0 aliphatic rings. The molecule has 88 valence electrons. The number of benzene rings is 2. The summed E-state index contributed by atoms with van der Waals surface area (Å²) >= 11 is 0. The second kappa shape index (κ2) is 4.49. The molecule has 3 aromatic rings. The van der Waals surface area contributed by atoms with Crippen LogP contribution in [0.2, 0.25) is 0 Å². The number of fused-ring (bicyclic) bond motifs is 1. The molecule has 0 aliphatic heterocycles. The minimum absolute atomic E-state index is 1.11. The van der Waals surface area contributed by atoms with E-state index in [9.17, 15) is 0 Å². The fourth-order valence-electron chi connectivity index (χ4n) is 2.19. The third kappa shape index (κ3) is 1.82. The van der Waals surface area contributed by atoms with Crippen LogP contribution in [0.5, 0.6) is 0 Å². The van der Waals surface area contributed by atoms with Crippen LogP contribution in [0.1, 0.15) is 0 Å². The predicted molar refractivity (Wildman–Crippen MR) is 76.7 cm³/mol. The summed E-state index contributed by atoms with van der Waals surface area (Å²) in [6.45, 7) is 0. The Labute approximate surface area is 106 Å². The zero-order chi connectivity index (χ0) is 12.4. The highest BCUT2D eigenvalue weighted by atomic mass is 14.8. The molecule has 2 nitrogen and oxygen atoms in total. The molecule has 0 saturated heterocycles. The SMILES string of the molecule is CNc1cccc(-c2cncc3ccccc23)c1. The Morgan fingerprint density at radius 2 is 1.83 bits per heavy atom. The lowest BCUT2D eigenvalue weighted by Crippen LogP contribution is -1.89. The van der Waals surface area contributed by atoms with Gasteiger partial charge >= 0.3 is 0 Å². The van der Waals surface area contributed by atoms with E-state index in [4.69, 9.17) is 0 Å². The van der Waals surface area contributed by atoms with Crippen LogP contribution in [0.4, 0.5) is 5.69 Å². The van der Waals surface area contributed by atoms with E-state index in [0.717, 1.165) is 5.69 Å². The Bertz CT molecular complexity index is 684. The Kier molecular flexibility index (Phi) is 2.69. The average molecular weight is 234 g/mol. The molecule has 1 aromatic heterocycles. The normalized spacial score (nSPS) is 10.5. The van der Waals surface area contributed by atoms with Gasteiger partial charge in [-0.1, -0.05) is 36.4 Å². The lowest BCUT2D eigenvalue weighted by Gasteiger charge is -2.08. The monoisotopic (exact) mass is 234 g/mol. The second-order valence-corrected chi connectivity index (χ2v) is 4.24. The van der Waals surface area contributed by atoms with Crippen molar-refractivity contribution in [2.24, 2.45) is 0 Å². The molecule has 2 aromatic carbocycles. The summed E-state index contributed by atoms with van der Waals surface area (Å²) in [5, 5.41) is 5.57. The first-order chi connectivity index (χ1) is 8.88. The van der Waals surface area contributed by atoms with Gasteiger partial charge in [-0.25, -0.2) is 0 Å². The summed E-state index contributed by atoms with van der Waals surface area (Å²) in [5.74, 6) is 0. The number of anilines is 1. The molecular formula is C16H14N2. The Morgan fingerprint density at radius 3 is 2.72 bits per heavy atom. The zero-order valence-corrected chi connectivity index (χ0v) is 10.2. The van der Waals surface area contributed by atoms with Crippen molar-refractivity contribution in [1.82, 2.24) is 4.98 Å². The van der Waals surface area contributed by atoms with Crippen LogP contribution in [0.3, 0.4) is 0 Å². The summed E-state index contributed by atoms with van der Waals surface area (Å²) in [5.41, 5.74) is 3.47. The van der Waals surface area contributed by atoms with Gasteiger partial charge in [-0.3, -0.25) is 4.98 Å². The number of aromatic nitrogens is 1. The molecule has 0 bridgehead atoms. The van der Waals surface area contributed by atoms with Crippen LogP contribution >= 0.6 is 0 Å². The molecule has 0 amide bonds. The van der Waals surface area contributed by atoms with Gasteiger partial charge in [-0.15, -0.1) is 0 Å². The molecule has 0 spiro atoms. The third-order valence-electron chi connectivity index (χ3n) is 3.13. The van der Waals surface area contributed by atoms with Gasteiger partial charge in [0, 0.05) is 36.1 Å². The molecule has 3 rings (SSSR count). The van der Waals surface area contributed by atoms with Crippen LogP contribution in [-0.2, 0) is 0 Å². The molecule has 2 heteroatoms. The van der Waals surface area contributed by atoms with Crippen molar-refractivity contribution < 1.29 is 0 Å². The van der Waals surface area contributed by atoms with E-state index in [0.29, 0.717) is 0 Å². The average Bonchev–Trinajstić information content (AvgIpc) is 2.47. The van der Waals surface area contributed by atoms with Crippen LogP contribution in [-0.4, -0.2) is 12.0 Å². The number of nitrogens with one attached hydrogen (secondary N) is 1. The maximum atomic E-state index is 4.32. The van der Waals surface area contributed by atoms with E-state index >= 15 is 0 Å². The number of hydrogen-bond donors (Lipinski definition) is 1. The Morgan fingerprint density at radius 1 is 0.944 bits per heavy atom. The van der Waals surface area contributed by atoms with Gasteiger partial charge in [-0.2, -0.15) is 0 Å². The topological polar surface area (TPSA) is 24.9 Å². The lowest BCUT2D eigenvalue weighted by molar-refractivity contribution is 1.36. The molecule has 1 heterocycles. The van der Waals surface area contributed by atoms with Crippen molar-refractivity contribution in [3.05, 3.63) is 60.9 Å². The van der Waals surface area contributed by atoms with Gasteiger partial charge in [0.2, 0.25) is 0 Å². The highest BCUT2D eigenvalue weighted by Crippen LogP contribution is 2.28. The van der Waals surface area contributed by atoms with Crippen molar-refractivity contribution in [2.75, 3.05) is 12.4 Å². The van der Waals surface area contributed by atoms with Crippen molar-refractivity contribution in [3.63, 3.8) is 0 Å². The van der Waals surface area contributed by atoms with E-state index < -0.39 is 0 Å². The minimum Gasteiger partial charge on any atom is -0.388 e. The van der Waals surface area contributed by atoms with E-state index in [1.54, 1.807) is 0 Å². The molecule has 0 radical (unpaired) electrons. The van der Waals surface area contributed by atoms with Crippen molar-refractivity contribution >= 4 is 16.5 Å². The summed E-state index contributed by atoms with van der Waals surface area (Å²) in [7, 11) is 1.93. The van der Waals surface area contributed by atoms with E-state index in [2.05, 4.69) is 52.8 Å². The molecular weight excluding hydrogens is 220 g/mol. The van der Waals surface area contributed by atoms with E-state index in [-0.39, 0.29) is 0 Å². The summed E-state index contributed by atoms with van der Waals surface area (Å²) in [6, 6.07) is 16.7. The first-order valence-electron chi connectivity index (χ1n) is 5.99. The van der Waals surface area contributed by atoms with Crippen LogP contribution in [0.15, 0.2) is 60.9 Å². The smallest absolute Gasteiger partial charge is 0.0352 e. The Balaban J connectivity index is 2.24. The van der Waals surface area contributed by atoms with Gasteiger partial charge in [0.15, 0.2) is 0 Å². The highest BCUT2D eigenvalue weighted by molar-refractivity contribution is 5.96. The predicted octanol–water partition coefficient (Wildman–Crippen LogP) is 3.94. The maximum Gasteiger partial charge on any atom is 0.0352 e. The van der Waals surface area contributed by atoms with Gasteiger partial charge in [0.05, 0.1) is 0 Å². The van der Waals surface area contributed by atoms with Crippen LogP contribution in [0.25, 0.3) is 21.9 Å². The fourth-order valence-corrected chi connectivity index (χ4v) is 2.19. The summed E-state index contributed by atoms with van der Waals surface area (Å²) < 4.78 is 0. The molecule has 18 heavy (non-hydrogen) atoms. The molecule has 0 unspecified atom stereocenters. The largest absolute Gasteiger partial charge is 0.388 e. The van der Waals surface area contributed by atoms with E-state index in [1.165, 1.54) is 21.9 Å². The maximum absolute atomic E-state index is 4.32. The number of nitrogens with zero attached hydrogens (tertiary/aromatic N) is 1. The van der Waals surface area contributed by atoms with Crippen molar-refractivity contribution in [3.8, 4) is 11.1 Å². The summed E-state index contributed by atoms with van der Waals surface area (Å²) in [4.78, 5) is 4.32.